The maximum Gasteiger partial charge on any atom is 0.159 e. The predicted molar refractivity (Wildman–Crippen MR) is 105 cm³/mol. The van der Waals surface area contributed by atoms with Gasteiger partial charge >= 0.3 is 0 Å². The third-order valence-corrected chi connectivity index (χ3v) is 5.64. The summed E-state index contributed by atoms with van der Waals surface area (Å²) in [6, 6.07) is 16.4. The van der Waals surface area contributed by atoms with Crippen molar-refractivity contribution in [2.24, 2.45) is 5.41 Å². The van der Waals surface area contributed by atoms with Crippen LogP contribution in [0.5, 0.6) is 0 Å². The van der Waals surface area contributed by atoms with Crippen molar-refractivity contribution in [3.05, 3.63) is 70.8 Å². The van der Waals surface area contributed by atoms with Crippen LogP contribution in [0.4, 0.5) is 0 Å². The minimum atomic E-state index is -0.0808. The fraction of sp³-hybridized carbons (Fsp3) is 0.435. The molecular formula is C23H29NO2. The highest BCUT2D eigenvalue weighted by atomic mass is 16.3. The Balaban J connectivity index is 1.74. The summed E-state index contributed by atoms with van der Waals surface area (Å²) in [7, 11) is 0. The van der Waals surface area contributed by atoms with E-state index < -0.39 is 0 Å². The number of likely N-dealkylation sites (tertiary alicyclic amines) is 1. The number of carbonyl (C=O) groups is 1. The highest BCUT2D eigenvalue weighted by molar-refractivity contribution is 5.94. The van der Waals surface area contributed by atoms with E-state index in [1.165, 1.54) is 16.7 Å². The molecule has 1 fully saturated rings. The molecule has 3 heteroatoms. The molecule has 0 aromatic heterocycles. The normalized spacial score (nSPS) is 20.9. The second kappa shape index (κ2) is 8.15. The van der Waals surface area contributed by atoms with Gasteiger partial charge in [-0.1, -0.05) is 42.5 Å². The molecule has 1 aliphatic rings. The zero-order valence-corrected chi connectivity index (χ0v) is 15.9. The Morgan fingerprint density at radius 1 is 1.19 bits per heavy atom. The second-order valence-electron chi connectivity index (χ2n) is 7.83. The molecule has 1 aliphatic heterocycles. The van der Waals surface area contributed by atoms with E-state index in [1.54, 1.807) is 6.92 Å². The van der Waals surface area contributed by atoms with Crippen molar-refractivity contribution in [1.82, 2.24) is 4.90 Å². The van der Waals surface area contributed by atoms with Gasteiger partial charge in [-0.05, 0) is 62.4 Å². The summed E-state index contributed by atoms with van der Waals surface area (Å²) in [5.74, 6) is 0.106. The van der Waals surface area contributed by atoms with Gasteiger partial charge in [0.05, 0.1) is 6.61 Å². The Labute approximate surface area is 156 Å². The van der Waals surface area contributed by atoms with Crippen LogP contribution in [0.3, 0.4) is 0 Å². The first kappa shape index (κ1) is 18.8. The Kier molecular flexibility index (Phi) is 5.90. The maximum atomic E-state index is 11.6. The lowest BCUT2D eigenvalue weighted by Gasteiger charge is -2.42. The first-order valence-electron chi connectivity index (χ1n) is 9.49. The maximum absolute atomic E-state index is 11.6. The number of nitrogens with zero attached hydrogens (tertiary/aromatic N) is 1. The third-order valence-electron chi connectivity index (χ3n) is 5.64. The molecule has 26 heavy (non-hydrogen) atoms. The first-order valence-corrected chi connectivity index (χ1v) is 9.49. The van der Waals surface area contributed by atoms with Crippen molar-refractivity contribution in [3.63, 3.8) is 0 Å². The Bertz CT molecular complexity index is 770. The fourth-order valence-electron chi connectivity index (χ4n) is 4.13. The van der Waals surface area contributed by atoms with Gasteiger partial charge in [0.25, 0.3) is 0 Å². The molecule has 1 N–H and O–H groups in total. The predicted octanol–water partition coefficient (Wildman–Crippen LogP) is 4.01. The van der Waals surface area contributed by atoms with E-state index in [0.29, 0.717) is 0 Å². The minimum absolute atomic E-state index is 0.0808. The number of ketones is 1. The van der Waals surface area contributed by atoms with Crippen LogP contribution in [0.1, 0.15) is 46.8 Å². The van der Waals surface area contributed by atoms with Crippen LogP contribution in [0, 0.1) is 12.3 Å². The molecule has 0 unspecified atom stereocenters. The molecule has 3 nitrogen and oxygen atoms in total. The van der Waals surface area contributed by atoms with Crippen molar-refractivity contribution in [2.75, 3.05) is 19.7 Å². The number of carbonyl (C=O) groups excluding carboxylic acids is 1. The molecule has 3 rings (SSSR count). The summed E-state index contributed by atoms with van der Waals surface area (Å²) in [4.78, 5) is 14.1. The molecule has 0 saturated carbocycles. The number of hydrogen-bond acceptors (Lipinski definition) is 3. The van der Waals surface area contributed by atoms with Crippen LogP contribution in [0.25, 0.3) is 0 Å². The van der Waals surface area contributed by atoms with Crippen LogP contribution < -0.4 is 0 Å². The van der Waals surface area contributed by atoms with Gasteiger partial charge in [0.2, 0.25) is 0 Å². The average molecular weight is 351 g/mol. The molecule has 1 saturated heterocycles. The lowest BCUT2D eigenvalue weighted by molar-refractivity contribution is 0.0287. The summed E-state index contributed by atoms with van der Waals surface area (Å²) in [6.07, 6.45) is 3.07. The Hall–Kier alpha value is -1.97. The molecule has 0 aliphatic carbocycles. The van der Waals surface area contributed by atoms with E-state index in [-0.39, 0.29) is 17.8 Å². The van der Waals surface area contributed by atoms with Crippen LogP contribution in [-0.4, -0.2) is 35.5 Å². The number of aryl methyl sites for hydroxylation is 1. The number of benzene rings is 2. The summed E-state index contributed by atoms with van der Waals surface area (Å²) in [5.41, 5.74) is 4.49. The third kappa shape index (κ3) is 4.40. The largest absolute Gasteiger partial charge is 0.396 e. The number of Topliss-reactive ketones (excluding diaryl/α,β-unsaturated/α-hetero) is 1. The van der Waals surface area contributed by atoms with Crippen molar-refractivity contribution in [3.8, 4) is 0 Å². The highest BCUT2D eigenvalue weighted by Crippen LogP contribution is 2.34. The first-order chi connectivity index (χ1) is 12.5. The van der Waals surface area contributed by atoms with E-state index in [4.69, 9.17) is 0 Å². The van der Waals surface area contributed by atoms with Gasteiger partial charge in [-0.15, -0.1) is 0 Å². The molecule has 2 aromatic carbocycles. The van der Waals surface area contributed by atoms with Crippen molar-refractivity contribution in [1.29, 1.82) is 0 Å². The molecule has 0 radical (unpaired) electrons. The Morgan fingerprint density at radius 2 is 2.00 bits per heavy atom. The van der Waals surface area contributed by atoms with E-state index in [9.17, 15) is 9.90 Å². The van der Waals surface area contributed by atoms with Gasteiger partial charge in [0, 0.05) is 24.1 Å². The lowest BCUT2D eigenvalue weighted by Crippen LogP contribution is -2.46. The van der Waals surface area contributed by atoms with Crippen molar-refractivity contribution < 1.29 is 9.90 Å². The highest BCUT2D eigenvalue weighted by Gasteiger charge is 2.35. The van der Waals surface area contributed by atoms with Crippen molar-refractivity contribution >= 4 is 5.78 Å². The standard InChI is InChI=1S/C23H29NO2/c1-18-7-3-4-9-22(18)14-23(17-25)11-6-12-24(16-23)15-20-8-5-10-21(13-20)19(2)26/h3-5,7-10,13,25H,6,11-12,14-17H2,1-2H3/t23-/m0/s1. The zero-order valence-electron chi connectivity index (χ0n) is 15.9. The zero-order chi connectivity index (χ0) is 18.6. The van der Waals surface area contributed by atoms with E-state index >= 15 is 0 Å². The number of hydrogen-bond donors (Lipinski definition) is 1. The summed E-state index contributed by atoms with van der Waals surface area (Å²) in [6.45, 7) is 6.73. The Morgan fingerprint density at radius 3 is 2.73 bits per heavy atom. The van der Waals surface area contributed by atoms with E-state index in [0.717, 1.165) is 44.5 Å². The number of aliphatic hydroxyl groups is 1. The van der Waals surface area contributed by atoms with Gasteiger partial charge in [-0.2, -0.15) is 0 Å². The topological polar surface area (TPSA) is 40.5 Å². The molecule has 0 spiro atoms. The smallest absolute Gasteiger partial charge is 0.159 e. The number of piperidine rings is 1. The van der Waals surface area contributed by atoms with Crippen LogP contribution in [0.15, 0.2) is 48.5 Å². The molecule has 0 bridgehead atoms. The van der Waals surface area contributed by atoms with E-state index in [1.807, 2.05) is 18.2 Å². The molecular weight excluding hydrogens is 322 g/mol. The fourth-order valence-corrected chi connectivity index (χ4v) is 4.13. The molecule has 1 atom stereocenters. The SMILES string of the molecule is CC(=O)c1cccc(CN2CCC[C@](CO)(Cc3ccccc3C)C2)c1. The molecule has 138 valence electrons. The lowest BCUT2D eigenvalue weighted by atomic mass is 9.75. The van der Waals surface area contributed by atoms with E-state index in [2.05, 4.69) is 42.2 Å². The second-order valence-corrected chi connectivity index (χ2v) is 7.83. The molecule has 0 amide bonds. The van der Waals surface area contributed by atoms with Crippen LogP contribution >= 0.6 is 0 Å². The van der Waals surface area contributed by atoms with Gasteiger partial charge in [0.15, 0.2) is 5.78 Å². The number of rotatable bonds is 6. The van der Waals surface area contributed by atoms with Gasteiger partial charge in [-0.25, -0.2) is 0 Å². The number of aliphatic hydroxyl groups excluding tert-OH is 1. The minimum Gasteiger partial charge on any atom is -0.396 e. The van der Waals surface area contributed by atoms with Gasteiger partial charge in [0.1, 0.15) is 0 Å². The van der Waals surface area contributed by atoms with Crippen LogP contribution in [0.2, 0.25) is 0 Å². The summed E-state index contributed by atoms with van der Waals surface area (Å²) >= 11 is 0. The average Bonchev–Trinajstić information content (AvgIpc) is 2.64. The van der Waals surface area contributed by atoms with Crippen LogP contribution in [-0.2, 0) is 13.0 Å². The van der Waals surface area contributed by atoms with Crippen molar-refractivity contribution in [2.45, 2.75) is 39.7 Å². The monoisotopic (exact) mass is 351 g/mol. The van der Waals surface area contributed by atoms with Gasteiger partial charge in [-0.3, -0.25) is 9.69 Å². The quantitative estimate of drug-likeness (QED) is 0.799. The summed E-state index contributed by atoms with van der Waals surface area (Å²) < 4.78 is 0. The molecule has 2 aromatic rings. The molecule has 1 heterocycles. The van der Waals surface area contributed by atoms with Gasteiger partial charge < -0.3 is 5.11 Å². The summed E-state index contributed by atoms with van der Waals surface area (Å²) in [5, 5.41) is 10.2.